The van der Waals surface area contributed by atoms with Crippen LogP contribution in [0.1, 0.15) is 47.0 Å². The smallest absolute Gasteiger partial charge is 0.167 e. The first-order chi connectivity index (χ1) is 6.85. The largest absolute Gasteiger partial charge is 0.294 e. The van der Waals surface area contributed by atoms with Gasteiger partial charge in [0, 0.05) is 12.8 Å². The lowest BCUT2D eigenvalue weighted by molar-refractivity contribution is -0.127. The first-order valence-corrected chi connectivity index (χ1v) is 5.55. The SMILES string of the molecule is CCC(C)[C]=C1C(=O)CC(C)(C)CC1=O. The fraction of sp³-hybridized carbons (Fsp3) is 0.692. The van der Waals surface area contributed by atoms with Crippen LogP contribution in [0.3, 0.4) is 0 Å². The zero-order valence-electron chi connectivity index (χ0n) is 10.0. The van der Waals surface area contributed by atoms with Gasteiger partial charge in [-0.1, -0.05) is 27.7 Å². The number of carbonyl (C=O) groups excluding carboxylic acids is 2. The van der Waals surface area contributed by atoms with Crippen molar-refractivity contribution < 1.29 is 9.59 Å². The summed E-state index contributed by atoms with van der Waals surface area (Å²) in [5, 5.41) is 0. The summed E-state index contributed by atoms with van der Waals surface area (Å²) in [4.78, 5) is 23.5. The van der Waals surface area contributed by atoms with Crippen LogP contribution in [0, 0.1) is 17.4 Å². The number of ketones is 2. The van der Waals surface area contributed by atoms with Crippen LogP contribution in [0.25, 0.3) is 0 Å². The molecule has 83 valence electrons. The fourth-order valence-electron chi connectivity index (χ4n) is 1.77. The molecule has 0 spiro atoms. The first kappa shape index (κ1) is 12.2. The molecule has 1 aliphatic rings. The maximum atomic E-state index is 11.8. The summed E-state index contributed by atoms with van der Waals surface area (Å²) < 4.78 is 0. The Balaban J connectivity index is 2.89. The number of allylic oxidation sites excluding steroid dienone is 2. The molecule has 1 saturated carbocycles. The Hall–Kier alpha value is -0.920. The summed E-state index contributed by atoms with van der Waals surface area (Å²) in [5.74, 6) is 0.127. The molecular weight excluding hydrogens is 188 g/mol. The van der Waals surface area contributed by atoms with E-state index >= 15 is 0 Å². The Morgan fingerprint density at radius 1 is 1.27 bits per heavy atom. The van der Waals surface area contributed by atoms with Gasteiger partial charge in [-0.2, -0.15) is 0 Å². The molecule has 0 bridgehead atoms. The van der Waals surface area contributed by atoms with Gasteiger partial charge in [0.05, 0.1) is 5.57 Å². The number of rotatable bonds is 2. The minimum Gasteiger partial charge on any atom is -0.294 e. The molecule has 0 aliphatic heterocycles. The lowest BCUT2D eigenvalue weighted by Crippen LogP contribution is -2.31. The zero-order valence-corrected chi connectivity index (χ0v) is 10.0. The minimum absolute atomic E-state index is 0.0310. The lowest BCUT2D eigenvalue weighted by Gasteiger charge is -2.28. The Bertz CT molecular complexity index is 288. The summed E-state index contributed by atoms with van der Waals surface area (Å²) in [6.45, 7) is 7.93. The van der Waals surface area contributed by atoms with Crippen LogP contribution in [0.2, 0.25) is 0 Å². The molecule has 0 amide bonds. The van der Waals surface area contributed by atoms with Gasteiger partial charge in [0.1, 0.15) is 0 Å². The minimum atomic E-state index is -0.172. The molecule has 2 nitrogen and oxygen atoms in total. The van der Waals surface area contributed by atoms with Crippen molar-refractivity contribution in [1.82, 2.24) is 0 Å². The molecule has 1 atom stereocenters. The third kappa shape index (κ3) is 3.01. The Morgan fingerprint density at radius 3 is 2.13 bits per heavy atom. The van der Waals surface area contributed by atoms with Crippen molar-refractivity contribution in [3.63, 3.8) is 0 Å². The third-order valence-electron chi connectivity index (χ3n) is 2.84. The van der Waals surface area contributed by atoms with E-state index < -0.39 is 0 Å². The van der Waals surface area contributed by atoms with Crippen LogP contribution in [0.5, 0.6) is 0 Å². The van der Waals surface area contributed by atoms with Gasteiger partial charge in [-0.3, -0.25) is 9.59 Å². The van der Waals surface area contributed by atoms with Crippen molar-refractivity contribution >= 4 is 11.6 Å². The van der Waals surface area contributed by atoms with E-state index in [2.05, 4.69) is 6.08 Å². The van der Waals surface area contributed by atoms with Crippen LogP contribution >= 0.6 is 0 Å². The van der Waals surface area contributed by atoms with Gasteiger partial charge in [-0.25, -0.2) is 0 Å². The monoisotopic (exact) mass is 207 g/mol. The molecule has 0 heterocycles. The van der Waals surface area contributed by atoms with Gasteiger partial charge in [-0.05, 0) is 23.8 Å². The molecule has 0 N–H and O–H groups in total. The third-order valence-corrected chi connectivity index (χ3v) is 2.84. The first-order valence-electron chi connectivity index (χ1n) is 5.55. The van der Waals surface area contributed by atoms with Crippen LogP contribution in [0.4, 0.5) is 0 Å². The van der Waals surface area contributed by atoms with E-state index in [1.807, 2.05) is 27.7 Å². The molecule has 0 aromatic carbocycles. The number of hydrogen-bond acceptors (Lipinski definition) is 2. The molecule has 15 heavy (non-hydrogen) atoms. The molecule has 1 unspecified atom stereocenters. The van der Waals surface area contributed by atoms with Crippen LogP contribution in [-0.2, 0) is 9.59 Å². The van der Waals surface area contributed by atoms with Gasteiger partial charge in [0.25, 0.3) is 0 Å². The van der Waals surface area contributed by atoms with Crippen LogP contribution in [0.15, 0.2) is 5.57 Å². The van der Waals surface area contributed by atoms with Crippen LogP contribution in [-0.4, -0.2) is 11.6 Å². The highest BCUT2D eigenvalue weighted by molar-refractivity contribution is 6.21. The quantitative estimate of drug-likeness (QED) is 0.515. The average Bonchev–Trinajstić information content (AvgIpc) is 2.09. The molecule has 2 heteroatoms. The molecule has 0 saturated heterocycles. The van der Waals surface area contributed by atoms with Crippen molar-refractivity contribution in [3.05, 3.63) is 11.6 Å². The normalized spacial score (nSPS) is 22.8. The topological polar surface area (TPSA) is 34.1 Å². The summed E-state index contributed by atoms with van der Waals surface area (Å²) in [6, 6.07) is 0. The van der Waals surface area contributed by atoms with E-state index in [1.54, 1.807) is 0 Å². The Morgan fingerprint density at radius 2 is 1.73 bits per heavy atom. The predicted octanol–water partition coefficient (Wildman–Crippen LogP) is 2.72. The summed E-state index contributed by atoms with van der Waals surface area (Å²) in [5.41, 5.74) is 0.151. The highest BCUT2D eigenvalue weighted by atomic mass is 16.1. The summed E-state index contributed by atoms with van der Waals surface area (Å²) >= 11 is 0. The van der Waals surface area contributed by atoms with Crippen molar-refractivity contribution in [2.24, 2.45) is 11.3 Å². The van der Waals surface area contributed by atoms with E-state index in [0.717, 1.165) is 6.42 Å². The maximum absolute atomic E-state index is 11.8. The molecule has 1 aliphatic carbocycles. The summed E-state index contributed by atoms with van der Waals surface area (Å²) in [6.07, 6.45) is 4.87. The number of hydrogen-bond donors (Lipinski definition) is 0. The second-order valence-corrected chi connectivity index (χ2v) is 5.19. The van der Waals surface area contributed by atoms with Gasteiger partial charge in [0.15, 0.2) is 11.6 Å². The van der Waals surface area contributed by atoms with E-state index in [4.69, 9.17) is 0 Å². The van der Waals surface area contributed by atoms with Gasteiger partial charge >= 0.3 is 0 Å². The highest BCUT2D eigenvalue weighted by Gasteiger charge is 2.35. The average molecular weight is 207 g/mol. The van der Waals surface area contributed by atoms with Crippen LogP contribution < -0.4 is 0 Å². The molecular formula is C13H19O2. The standard InChI is InChI=1S/C13H19O2/c1-5-9(2)6-10-11(14)7-13(3,4)8-12(10)15/h9H,5,7-8H2,1-4H3. The Labute approximate surface area is 91.7 Å². The maximum Gasteiger partial charge on any atom is 0.167 e. The molecule has 1 radical (unpaired) electrons. The lowest BCUT2D eigenvalue weighted by atomic mass is 9.73. The fourth-order valence-corrected chi connectivity index (χ4v) is 1.77. The van der Waals surface area contributed by atoms with Gasteiger partial charge in [0.2, 0.25) is 0 Å². The zero-order chi connectivity index (χ0) is 11.6. The molecule has 1 fully saturated rings. The predicted molar refractivity (Wildman–Crippen MR) is 59.2 cm³/mol. The van der Waals surface area contributed by atoms with E-state index in [-0.39, 0.29) is 22.9 Å². The van der Waals surface area contributed by atoms with E-state index in [9.17, 15) is 9.59 Å². The second-order valence-electron chi connectivity index (χ2n) is 5.19. The van der Waals surface area contributed by atoms with E-state index in [1.165, 1.54) is 0 Å². The molecule has 1 rings (SSSR count). The van der Waals surface area contributed by atoms with Gasteiger partial charge in [-0.15, -0.1) is 0 Å². The number of Topliss-reactive ketones (excluding diaryl/α,β-unsaturated/α-hetero) is 2. The number of carbonyl (C=O) groups is 2. The highest BCUT2D eigenvalue weighted by Crippen LogP contribution is 2.33. The van der Waals surface area contributed by atoms with Crippen molar-refractivity contribution in [3.8, 4) is 0 Å². The second kappa shape index (κ2) is 4.30. The molecule has 0 aromatic rings. The van der Waals surface area contributed by atoms with Crippen molar-refractivity contribution in [2.45, 2.75) is 47.0 Å². The van der Waals surface area contributed by atoms with E-state index in [0.29, 0.717) is 18.4 Å². The summed E-state index contributed by atoms with van der Waals surface area (Å²) in [7, 11) is 0. The van der Waals surface area contributed by atoms with Crippen molar-refractivity contribution in [1.29, 1.82) is 0 Å². The molecule has 0 aromatic heterocycles. The van der Waals surface area contributed by atoms with Crippen molar-refractivity contribution in [2.75, 3.05) is 0 Å². The Kier molecular flexibility index (Phi) is 3.48. The van der Waals surface area contributed by atoms with Gasteiger partial charge < -0.3 is 0 Å².